The Labute approximate surface area is 204 Å². The molecule has 180 valence electrons. The number of hydrogen-bond donors (Lipinski definition) is 2. The lowest BCUT2D eigenvalue weighted by molar-refractivity contribution is 0.337. The van der Waals surface area contributed by atoms with Crippen molar-refractivity contribution in [2.24, 2.45) is 5.92 Å². The van der Waals surface area contributed by atoms with Gasteiger partial charge in [0.05, 0.1) is 11.4 Å². The standard InChI is InChI=1S/C26H30FN3O2S2/c27-21-12-11-20-7-4-8-24-25(23(20)15-21)30-26(33-24)29-22-13-9-18(10-14-22)16-28-34(31,32)17-19-5-2-1-3-6-19/h1-3,5-6,11-12,15,18,22,28H,4,7-10,13-14,16-17H2,(H,29,30). The lowest BCUT2D eigenvalue weighted by Crippen LogP contribution is -2.34. The summed E-state index contributed by atoms with van der Waals surface area (Å²) in [5.74, 6) is 0.158. The monoisotopic (exact) mass is 499 g/mol. The highest BCUT2D eigenvalue weighted by Gasteiger charge is 2.25. The summed E-state index contributed by atoms with van der Waals surface area (Å²) in [5.41, 5.74) is 3.84. The third-order valence-corrected chi connectivity index (χ3v) is 9.21. The maximum Gasteiger partial charge on any atom is 0.215 e. The Hall–Kier alpha value is -2.29. The lowest BCUT2D eigenvalue weighted by Gasteiger charge is -2.29. The number of aryl methyl sites for hydroxylation is 2. The minimum atomic E-state index is -3.33. The van der Waals surface area contributed by atoms with Crippen LogP contribution in [-0.2, 0) is 28.6 Å². The molecule has 5 rings (SSSR count). The van der Waals surface area contributed by atoms with Crippen molar-refractivity contribution >= 4 is 26.5 Å². The Bertz CT molecular complexity index is 1240. The van der Waals surface area contributed by atoms with Gasteiger partial charge in [-0.05, 0) is 74.1 Å². The van der Waals surface area contributed by atoms with E-state index in [2.05, 4.69) is 10.0 Å². The van der Waals surface area contributed by atoms with E-state index in [9.17, 15) is 12.8 Å². The molecule has 0 radical (unpaired) electrons. The Kier molecular flexibility index (Phi) is 6.99. The second kappa shape index (κ2) is 10.1. The van der Waals surface area contributed by atoms with Crippen LogP contribution < -0.4 is 10.0 Å². The number of fused-ring (bicyclic) bond motifs is 3. The first kappa shape index (κ1) is 23.5. The van der Waals surface area contributed by atoms with Gasteiger partial charge < -0.3 is 5.32 Å². The van der Waals surface area contributed by atoms with Crippen molar-refractivity contribution in [3.05, 3.63) is 70.4 Å². The quantitative estimate of drug-likeness (QED) is 0.449. The van der Waals surface area contributed by atoms with Crippen molar-refractivity contribution in [2.45, 2.75) is 56.7 Å². The van der Waals surface area contributed by atoms with Crippen molar-refractivity contribution in [2.75, 3.05) is 11.9 Å². The molecule has 1 aromatic heterocycles. The Morgan fingerprint density at radius 1 is 1.03 bits per heavy atom. The van der Waals surface area contributed by atoms with Crippen LogP contribution in [0.5, 0.6) is 0 Å². The summed E-state index contributed by atoms with van der Waals surface area (Å²) in [7, 11) is -3.33. The van der Waals surface area contributed by atoms with E-state index in [-0.39, 0.29) is 11.6 Å². The van der Waals surface area contributed by atoms with E-state index >= 15 is 0 Å². The number of rotatable bonds is 7. The lowest BCUT2D eigenvalue weighted by atomic mass is 9.86. The van der Waals surface area contributed by atoms with Gasteiger partial charge in [0.15, 0.2) is 5.13 Å². The van der Waals surface area contributed by atoms with Crippen LogP contribution >= 0.6 is 11.3 Å². The van der Waals surface area contributed by atoms with Crippen LogP contribution in [0.15, 0.2) is 48.5 Å². The van der Waals surface area contributed by atoms with Gasteiger partial charge in [0.25, 0.3) is 0 Å². The number of thiazole rings is 1. The molecule has 2 N–H and O–H groups in total. The number of nitrogens with zero attached hydrogens (tertiary/aromatic N) is 1. The Balaban J connectivity index is 1.15. The maximum atomic E-state index is 13.9. The molecule has 0 unspecified atom stereocenters. The zero-order valence-corrected chi connectivity index (χ0v) is 20.7. The van der Waals surface area contributed by atoms with Crippen molar-refractivity contribution in [3.8, 4) is 11.3 Å². The molecular weight excluding hydrogens is 469 g/mol. The average Bonchev–Trinajstić information content (AvgIpc) is 3.14. The van der Waals surface area contributed by atoms with Crippen LogP contribution in [0.2, 0.25) is 0 Å². The third-order valence-electron chi connectivity index (χ3n) is 6.84. The third kappa shape index (κ3) is 5.67. The maximum absolute atomic E-state index is 13.9. The van der Waals surface area contributed by atoms with Gasteiger partial charge in [-0.1, -0.05) is 36.4 Å². The molecular formula is C26H30FN3O2S2. The van der Waals surface area contributed by atoms with Gasteiger partial charge in [-0.15, -0.1) is 11.3 Å². The summed E-state index contributed by atoms with van der Waals surface area (Å²) < 4.78 is 41.6. The van der Waals surface area contributed by atoms with Gasteiger partial charge in [0.2, 0.25) is 10.0 Å². The first-order valence-corrected chi connectivity index (χ1v) is 14.5. The molecule has 0 amide bonds. The van der Waals surface area contributed by atoms with Crippen LogP contribution in [-0.4, -0.2) is 26.0 Å². The zero-order valence-electron chi connectivity index (χ0n) is 19.1. The van der Waals surface area contributed by atoms with Crippen LogP contribution in [0.25, 0.3) is 11.3 Å². The average molecular weight is 500 g/mol. The zero-order chi connectivity index (χ0) is 23.5. The van der Waals surface area contributed by atoms with Gasteiger partial charge in [-0.3, -0.25) is 0 Å². The number of sulfonamides is 1. The molecule has 5 nitrogen and oxygen atoms in total. The Morgan fingerprint density at radius 3 is 2.62 bits per heavy atom. The topological polar surface area (TPSA) is 71.1 Å². The summed E-state index contributed by atoms with van der Waals surface area (Å²) in [6.07, 6.45) is 6.91. The van der Waals surface area contributed by atoms with E-state index in [0.717, 1.165) is 66.9 Å². The number of hydrogen-bond acceptors (Lipinski definition) is 5. The van der Waals surface area contributed by atoms with Gasteiger partial charge in [-0.2, -0.15) is 0 Å². The fourth-order valence-electron chi connectivity index (χ4n) is 4.99. The molecule has 0 saturated heterocycles. The first-order chi connectivity index (χ1) is 16.4. The second-order valence-corrected chi connectivity index (χ2v) is 12.3. The van der Waals surface area contributed by atoms with Crippen LogP contribution in [0.3, 0.4) is 0 Å². The number of halogens is 1. The molecule has 0 aliphatic heterocycles. The molecule has 2 aliphatic carbocycles. The van der Waals surface area contributed by atoms with Crippen LogP contribution in [0.4, 0.5) is 9.52 Å². The Morgan fingerprint density at radius 2 is 1.82 bits per heavy atom. The molecule has 3 aromatic rings. The van der Waals surface area contributed by atoms with Crippen LogP contribution in [0.1, 0.15) is 48.1 Å². The SMILES string of the molecule is O=S(=O)(Cc1ccccc1)NCC1CCC(Nc2nc3c(s2)CCCc2ccc(F)cc2-3)CC1. The largest absolute Gasteiger partial charge is 0.359 e. The predicted octanol–water partition coefficient (Wildman–Crippen LogP) is 5.53. The van der Waals surface area contributed by atoms with Crippen molar-refractivity contribution < 1.29 is 12.8 Å². The minimum Gasteiger partial charge on any atom is -0.359 e. The molecule has 8 heteroatoms. The summed E-state index contributed by atoms with van der Waals surface area (Å²) in [6, 6.07) is 14.7. The molecule has 0 atom stereocenters. The normalized spacial score (nSPS) is 20.3. The summed E-state index contributed by atoms with van der Waals surface area (Å²) in [6.45, 7) is 0.496. The summed E-state index contributed by atoms with van der Waals surface area (Å²) in [4.78, 5) is 6.09. The van der Waals surface area contributed by atoms with Crippen molar-refractivity contribution in [1.29, 1.82) is 0 Å². The van der Waals surface area contributed by atoms with Crippen molar-refractivity contribution in [3.63, 3.8) is 0 Å². The highest BCUT2D eigenvalue weighted by atomic mass is 32.2. The molecule has 1 saturated carbocycles. The number of anilines is 1. The molecule has 0 spiro atoms. The fourth-order valence-corrected chi connectivity index (χ4v) is 7.31. The van der Waals surface area contributed by atoms with E-state index < -0.39 is 10.0 Å². The second-order valence-electron chi connectivity index (χ2n) is 9.40. The molecule has 1 heterocycles. The molecule has 2 aliphatic rings. The minimum absolute atomic E-state index is 0.0203. The highest BCUT2D eigenvalue weighted by Crippen LogP contribution is 2.38. The van der Waals surface area contributed by atoms with E-state index in [1.165, 1.54) is 16.5 Å². The highest BCUT2D eigenvalue weighted by molar-refractivity contribution is 7.88. The summed E-state index contributed by atoms with van der Waals surface area (Å²) >= 11 is 1.69. The fraction of sp³-hybridized carbons (Fsp3) is 0.423. The van der Waals surface area contributed by atoms with E-state index in [1.807, 2.05) is 36.4 Å². The molecule has 1 fully saturated rings. The van der Waals surface area contributed by atoms with E-state index in [0.29, 0.717) is 18.5 Å². The number of aromatic nitrogens is 1. The number of nitrogens with one attached hydrogen (secondary N) is 2. The summed E-state index contributed by atoms with van der Waals surface area (Å²) in [5, 5.41) is 4.52. The van der Waals surface area contributed by atoms with Gasteiger partial charge in [-0.25, -0.2) is 22.5 Å². The van der Waals surface area contributed by atoms with Crippen molar-refractivity contribution in [1.82, 2.24) is 9.71 Å². The van der Waals surface area contributed by atoms with E-state index in [4.69, 9.17) is 4.98 Å². The molecule has 34 heavy (non-hydrogen) atoms. The smallest absolute Gasteiger partial charge is 0.215 e. The number of benzene rings is 2. The first-order valence-electron chi connectivity index (χ1n) is 12.0. The van der Waals surface area contributed by atoms with Crippen LogP contribution in [0, 0.1) is 11.7 Å². The molecule has 2 aromatic carbocycles. The van der Waals surface area contributed by atoms with Gasteiger partial charge >= 0.3 is 0 Å². The van der Waals surface area contributed by atoms with Gasteiger partial charge in [0, 0.05) is 23.0 Å². The predicted molar refractivity (Wildman–Crippen MR) is 136 cm³/mol. The van der Waals surface area contributed by atoms with Gasteiger partial charge in [0.1, 0.15) is 5.82 Å². The molecule has 0 bridgehead atoms. The van der Waals surface area contributed by atoms with E-state index in [1.54, 1.807) is 17.4 Å².